The summed E-state index contributed by atoms with van der Waals surface area (Å²) in [4.78, 5) is 10.8. The van der Waals surface area contributed by atoms with E-state index in [-0.39, 0.29) is 0 Å². The van der Waals surface area contributed by atoms with Gasteiger partial charge in [-0.1, -0.05) is 212 Å². The molecule has 324 valence electrons. The summed E-state index contributed by atoms with van der Waals surface area (Å²) in [6.07, 6.45) is 0. The van der Waals surface area contributed by atoms with E-state index in [1.807, 2.05) is 0 Å². The first-order valence-electron chi connectivity index (χ1n) is 24.1. The minimum Gasteiger partial charge on any atom is -0.278 e. The predicted molar refractivity (Wildman–Crippen MR) is 289 cm³/mol. The maximum atomic E-state index is 5.46. The van der Waals surface area contributed by atoms with Crippen molar-refractivity contribution in [3.8, 4) is 72.8 Å². The van der Waals surface area contributed by atoms with Crippen LogP contribution in [-0.4, -0.2) is 14.5 Å². The highest BCUT2D eigenvalue weighted by Gasteiger charge is 2.51. The number of aromatic nitrogens is 3. The van der Waals surface area contributed by atoms with E-state index in [1.54, 1.807) is 0 Å². The Labute approximate surface area is 405 Å². The van der Waals surface area contributed by atoms with Crippen molar-refractivity contribution in [1.29, 1.82) is 0 Å². The monoisotopic (exact) mass is 887 g/mol. The highest BCUT2D eigenvalue weighted by atomic mass is 15.2. The molecule has 0 radical (unpaired) electrons. The fraction of sp³-hybridized carbons (Fsp3) is 0.0149. The van der Waals surface area contributed by atoms with Crippen molar-refractivity contribution >= 4 is 43.5 Å². The Bertz CT molecular complexity index is 4240. The predicted octanol–water partition coefficient (Wildman–Crippen LogP) is 16.9. The van der Waals surface area contributed by atoms with Gasteiger partial charge in [-0.05, 0) is 125 Å². The van der Waals surface area contributed by atoms with Crippen molar-refractivity contribution in [3.05, 3.63) is 271 Å². The van der Waals surface area contributed by atoms with E-state index in [0.29, 0.717) is 5.95 Å². The van der Waals surface area contributed by atoms with Crippen molar-refractivity contribution in [2.75, 3.05) is 0 Å². The largest absolute Gasteiger partial charge is 0.278 e. The molecule has 0 saturated heterocycles. The summed E-state index contributed by atoms with van der Waals surface area (Å²) in [5, 5.41) is 5.82. The molecule has 0 amide bonds. The van der Waals surface area contributed by atoms with Crippen LogP contribution in [0.5, 0.6) is 0 Å². The van der Waals surface area contributed by atoms with Crippen LogP contribution in [0.1, 0.15) is 22.3 Å². The lowest BCUT2D eigenvalue weighted by atomic mass is 9.70. The lowest BCUT2D eigenvalue weighted by Gasteiger charge is -2.31. The zero-order valence-corrected chi connectivity index (χ0v) is 38.0. The first kappa shape index (κ1) is 38.9. The van der Waals surface area contributed by atoms with Crippen molar-refractivity contribution in [2.24, 2.45) is 0 Å². The summed E-state index contributed by atoms with van der Waals surface area (Å²) < 4.78 is 2.25. The number of hydrogen-bond donors (Lipinski definition) is 0. The molecule has 1 spiro atoms. The fourth-order valence-electron chi connectivity index (χ4n) is 12.2. The fourth-order valence-corrected chi connectivity index (χ4v) is 12.2. The van der Waals surface area contributed by atoms with Gasteiger partial charge in [0.05, 0.1) is 27.7 Å². The molecule has 11 aromatic carbocycles. The van der Waals surface area contributed by atoms with E-state index in [2.05, 4.69) is 253 Å². The Morgan fingerprint density at radius 1 is 0.286 bits per heavy atom. The normalized spacial score (nSPS) is 13.0. The third-order valence-corrected chi connectivity index (χ3v) is 15.3. The minimum absolute atomic E-state index is 0.472. The molecule has 0 saturated carbocycles. The Kier molecular flexibility index (Phi) is 8.28. The van der Waals surface area contributed by atoms with Crippen LogP contribution in [0.25, 0.3) is 116 Å². The quantitative estimate of drug-likeness (QED) is 0.172. The van der Waals surface area contributed by atoms with Crippen LogP contribution in [0.3, 0.4) is 0 Å². The molecule has 0 atom stereocenters. The van der Waals surface area contributed by atoms with Crippen molar-refractivity contribution in [3.63, 3.8) is 0 Å². The second-order valence-electron chi connectivity index (χ2n) is 18.8. The number of fused-ring (bicyclic) bond motifs is 15. The third kappa shape index (κ3) is 5.52. The summed E-state index contributed by atoms with van der Waals surface area (Å²) in [5.41, 5.74) is 22.3. The Morgan fingerprint density at radius 2 is 0.800 bits per heavy atom. The molecule has 15 rings (SSSR count). The van der Waals surface area contributed by atoms with Gasteiger partial charge in [-0.2, -0.15) is 0 Å². The van der Waals surface area contributed by atoms with Crippen LogP contribution in [-0.2, 0) is 5.41 Å². The van der Waals surface area contributed by atoms with Gasteiger partial charge in [0.15, 0.2) is 0 Å². The van der Waals surface area contributed by atoms with Crippen LogP contribution >= 0.6 is 0 Å². The molecule has 0 N–H and O–H groups in total. The highest BCUT2D eigenvalue weighted by molar-refractivity contribution is 6.11. The Balaban J connectivity index is 0.888. The number of hydrogen-bond acceptors (Lipinski definition) is 2. The van der Waals surface area contributed by atoms with Gasteiger partial charge in [-0.3, -0.25) is 4.57 Å². The minimum atomic E-state index is -0.472. The molecule has 3 heteroatoms. The topological polar surface area (TPSA) is 30.7 Å². The van der Waals surface area contributed by atoms with Gasteiger partial charge in [0.1, 0.15) is 0 Å². The van der Waals surface area contributed by atoms with E-state index in [4.69, 9.17) is 9.97 Å². The highest BCUT2D eigenvalue weighted by Crippen LogP contribution is 2.63. The van der Waals surface area contributed by atoms with Crippen molar-refractivity contribution < 1.29 is 0 Å². The third-order valence-electron chi connectivity index (χ3n) is 15.3. The van der Waals surface area contributed by atoms with Crippen LogP contribution < -0.4 is 0 Å². The van der Waals surface area contributed by atoms with Gasteiger partial charge in [0.25, 0.3) is 0 Å². The zero-order chi connectivity index (χ0) is 45.9. The Morgan fingerprint density at radius 3 is 1.56 bits per heavy atom. The van der Waals surface area contributed by atoms with E-state index < -0.39 is 5.41 Å². The van der Waals surface area contributed by atoms with Crippen LogP contribution in [0.4, 0.5) is 0 Å². The average molecular weight is 888 g/mol. The smallest absolute Gasteiger partial charge is 0.235 e. The maximum Gasteiger partial charge on any atom is 0.235 e. The van der Waals surface area contributed by atoms with E-state index >= 15 is 0 Å². The molecule has 3 nitrogen and oxygen atoms in total. The second-order valence-corrected chi connectivity index (χ2v) is 18.8. The molecule has 13 aromatic rings. The van der Waals surface area contributed by atoms with Gasteiger partial charge in [-0.15, -0.1) is 0 Å². The molecular formula is C67H41N3. The number of rotatable bonds is 5. The maximum absolute atomic E-state index is 5.46. The van der Waals surface area contributed by atoms with Gasteiger partial charge < -0.3 is 0 Å². The molecule has 0 bridgehead atoms. The summed E-state index contributed by atoms with van der Waals surface area (Å²) in [7, 11) is 0. The first-order valence-corrected chi connectivity index (χ1v) is 24.1. The van der Waals surface area contributed by atoms with Crippen molar-refractivity contribution in [2.45, 2.75) is 5.41 Å². The summed E-state index contributed by atoms with van der Waals surface area (Å²) in [6, 6.07) is 91.2. The van der Waals surface area contributed by atoms with Gasteiger partial charge in [-0.25, -0.2) is 9.97 Å². The van der Waals surface area contributed by atoms with Crippen LogP contribution in [0.15, 0.2) is 249 Å². The zero-order valence-electron chi connectivity index (χ0n) is 38.0. The van der Waals surface area contributed by atoms with E-state index in [1.165, 1.54) is 88.7 Å². The number of para-hydroxylation sites is 2. The molecule has 2 aromatic heterocycles. The second kappa shape index (κ2) is 14.9. The molecule has 0 fully saturated rings. The standard InChI is InChI=1S/C67H41N3/c1-2-15-42(16-3-1)47-33-36-53-54-37-34-48(41-61(54)67(60(53)40-47)58-25-10-6-20-51(58)52-21-7-11-26-59(52)67)46-35-38-64-57(39-46)55-22-9-13-28-63(55)70(64)66-68-62-27-12-8-23-56(62)65(69-66)45-31-29-44(30-32-45)50-24-14-18-43-17-4-5-19-49(43)50/h1-41H. The first-order chi connectivity index (χ1) is 34.7. The van der Waals surface area contributed by atoms with Crippen LogP contribution in [0, 0.1) is 0 Å². The van der Waals surface area contributed by atoms with Gasteiger partial charge in [0.2, 0.25) is 5.95 Å². The lowest BCUT2D eigenvalue weighted by Crippen LogP contribution is -2.26. The van der Waals surface area contributed by atoms with Crippen molar-refractivity contribution in [1.82, 2.24) is 14.5 Å². The SMILES string of the molecule is c1ccc(-c2ccc3c(c2)C2(c4ccccc4-c4ccccc42)c2cc(-c4ccc5c(c4)c4ccccc4n5-c4nc(-c5ccc(-c6cccc7ccccc67)cc5)c5ccccc5n4)ccc2-3)cc1. The summed E-state index contributed by atoms with van der Waals surface area (Å²) in [6.45, 7) is 0. The number of nitrogens with zero attached hydrogens (tertiary/aromatic N) is 3. The van der Waals surface area contributed by atoms with E-state index in [0.717, 1.165) is 44.0 Å². The van der Waals surface area contributed by atoms with E-state index in [9.17, 15) is 0 Å². The molecule has 70 heavy (non-hydrogen) atoms. The molecular weight excluding hydrogens is 847 g/mol. The lowest BCUT2D eigenvalue weighted by molar-refractivity contribution is 0.794. The molecule has 2 heterocycles. The summed E-state index contributed by atoms with van der Waals surface area (Å²) in [5.74, 6) is 0.649. The Hall–Kier alpha value is -9.18. The van der Waals surface area contributed by atoms with Crippen LogP contribution in [0.2, 0.25) is 0 Å². The molecule has 0 aliphatic heterocycles. The van der Waals surface area contributed by atoms with Gasteiger partial charge in [0, 0.05) is 21.7 Å². The molecule has 2 aliphatic rings. The molecule has 2 aliphatic carbocycles. The molecule has 0 unspecified atom stereocenters. The number of benzene rings is 11. The average Bonchev–Trinajstić information content (AvgIpc) is 4.04. The summed E-state index contributed by atoms with van der Waals surface area (Å²) >= 11 is 0. The van der Waals surface area contributed by atoms with Gasteiger partial charge >= 0.3 is 0 Å².